The summed E-state index contributed by atoms with van der Waals surface area (Å²) in [6.07, 6.45) is 0. The van der Waals surface area contributed by atoms with Crippen molar-refractivity contribution in [3.63, 3.8) is 0 Å². The molecule has 0 spiro atoms. The molecule has 1 unspecified atom stereocenters. The Morgan fingerprint density at radius 2 is 1.94 bits per heavy atom. The van der Waals surface area contributed by atoms with Crippen molar-refractivity contribution in [1.82, 2.24) is 0 Å². The van der Waals surface area contributed by atoms with Gasteiger partial charge in [0, 0.05) is 0 Å². The Kier molecular flexibility index (Phi) is 3.79. The predicted molar refractivity (Wildman–Crippen MR) is 72.1 cm³/mol. The summed E-state index contributed by atoms with van der Waals surface area (Å²) in [5.74, 6) is -0.276. The summed E-state index contributed by atoms with van der Waals surface area (Å²) in [4.78, 5) is 0. The van der Waals surface area contributed by atoms with Gasteiger partial charge in [-0.25, -0.2) is 4.39 Å². The zero-order chi connectivity index (χ0) is 11.7. The third kappa shape index (κ3) is 2.53. The Balaban J connectivity index is 2.33. The van der Waals surface area contributed by atoms with Crippen LogP contribution < -0.4 is 5.73 Å². The van der Waals surface area contributed by atoms with E-state index in [0.717, 1.165) is 14.9 Å². The van der Waals surface area contributed by atoms with Crippen molar-refractivity contribution < 1.29 is 4.39 Å². The Morgan fingerprint density at radius 1 is 1.19 bits per heavy atom. The molecule has 16 heavy (non-hydrogen) atoms. The summed E-state index contributed by atoms with van der Waals surface area (Å²) in [5, 5.41) is 1.99. The van der Waals surface area contributed by atoms with Crippen molar-refractivity contribution in [3.8, 4) is 0 Å². The molecule has 1 heterocycles. The molecule has 0 aliphatic carbocycles. The summed E-state index contributed by atoms with van der Waals surface area (Å²) in [5.41, 5.74) is 8.00. The van der Waals surface area contributed by atoms with Crippen LogP contribution in [0.4, 0.5) is 4.39 Å². The van der Waals surface area contributed by atoms with E-state index in [-0.39, 0.29) is 11.9 Å². The molecule has 0 fully saturated rings. The van der Waals surface area contributed by atoms with Gasteiger partial charge < -0.3 is 5.73 Å². The number of hydrogen-bond acceptors (Lipinski definition) is 2. The van der Waals surface area contributed by atoms with Gasteiger partial charge in [-0.2, -0.15) is 0 Å². The summed E-state index contributed by atoms with van der Waals surface area (Å²) in [6, 6.07) is 6.59. The molecule has 0 aliphatic rings. The van der Waals surface area contributed by atoms with Gasteiger partial charge in [-0.3, -0.25) is 0 Å². The highest BCUT2D eigenvalue weighted by molar-refractivity contribution is 9.11. The second-order valence-corrected chi connectivity index (χ2v) is 6.48. The van der Waals surface area contributed by atoms with E-state index in [2.05, 4.69) is 31.9 Å². The molecular formula is C11H8Br2FNS. The van der Waals surface area contributed by atoms with Crippen molar-refractivity contribution in [2.75, 3.05) is 0 Å². The van der Waals surface area contributed by atoms with Crippen LogP contribution in [0.1, 0.15) is 17.2 Å². The lowest BCUT2D eigenvalue weighted by molar-refractivity contribution is 0.619. The van der Waals surface area contributed by atoms with Gasteiger partial charge in [0.05, 0.1) is 14.3 Å². The maximum Gasteiger partial charge on any atom is 0.137 e. The standard InChI is InChI=1S/C11H8Br2FNS/c12-8-3-6(1-2-9(8)14)11(15)7-4-10(13)16-5-7/h1-5,11H,15H2. The van der Waals surface area contributed by atoms with Gasteiger partial charge in [-0.05, 0) is 66.6 Å². The van der Waals surface area contributed by atoms with Crippen molar-refractivity contribution in [2.45, 2.75) is 6.04 Å². The van der Waals surface area contributed by atoms with Gasteiger partial charge in [0.25, 0.3) is 0 Å². The average molecular weight is 365 g/mol. The topological polar surface area (TPSA) is 26.0 Å². The van der Waals surface area contributed by atoms with Crippen LogP contribution in [0.25, 0.3) is 0 Å². The van der Waals surface area contributed by atoms with Crippen molar-refractivity contribution in [1.29, 1.82) is 0 Å². The molecule has 0 amide bonds. The van der Waals surface area contributed by atoms with Gasteiger partial charge in [0.1, 0.15) is 5.82 Å². The molecule has 1 aromatic carbocycles. The minimum Gasteiger partial charge on any atom is -0.320 e. The van der Waals surface area contributed by atoms with E-state index >= 15 is 0 Å². The number of benzene rings is 1. The number of hydrogen-bond donors (Lipinski definition) is 1. The Bertz CT molecular complexity index is 512. The van der Waals surface area contributed by atoms with Gasteiger partial charge in [0.2, 0.25) is 0 Å². The Labute approximate surface area is 114 Å². The SMILES string of the molecule is NC(c1csc(Br)c1)c1ccc(F)c(Br)c1. The zero-order valence-electron chi connectivity index (χ0n) is 8.08. The van der Waals surface area contributed by atoms with Gasteiger partial charge in [0.15, 0.2) is 0 Å². The fraction of sp³-hybridized carbons (Fsp3) is 0.0909. The van der Waals surface area contributed by atoms with E-state index in [9.17, 15) is 4.39 Å². The molecular weight excluding hydrogens is 357 g/mol. The van der Waals surface area contributed by atoms with E-state index in [1.165, 1.54) is 6.07 Å². The lowest BCUT2D eigenvalue weighted by atomic mass is 10.0. The largest absolute Gasteiger partial charge is 0.320 e. The fourth-order valence-electron chi connectivity index (χ4n) is 1.38. The highest BCUT2D eigenvalue weighted by atomic mass is 79.9. The van der Waals surface area contributed by atoms with Crippen molar-refractivity contribution >= 4 is 43.2 Å². The average Bonchev–Trinajstić information content (AvgIpc) is 2.68. The van der Waals surface area contributed by atoms with E-state index in [4.69, 9.17) is 5.73 Å². The normalized spacial score (nSPS) is 12.8. The first kappa shape index (κ1) is 12.2. The molecule has 0 bridgehead atoms. The highest BCUT2D eigenvalue weighted by Gasteiger charge is 2.12. The summed E-state index contributed by atoms with van der Waals surface area (Å²) >= 11 is 8.13. The molecule has 1 nitrogen and oxygen atoms in total. The van der Waals surface area contributed by atoms with Crippen molar-refractivity contribution in [2.24, 2.45) is 5.73 Å². The summed E-state index contributed by atoms with van der Waals surface area (Å²) < 4.78 is 14.6. The van der Waals surface area contributed by atoms with Crippen molar-refractivity contribution in [3.05, 3.63) is 54.8 Å². The maximum atomic E-state index is 13.1. The molecule has 2 N–H and O–H groups in total. The minimum absolute atomic E-state index is 0.223. The van der Waals surface area contributed by atoms with Crippen LogP contribution in [0.3, 0.4) is 0 Å². The third-order valence-corrected chi connectivity index (χ3v) is 4.38. The zero-order valence-corrected chi connectivity index (χ0v) is 12.1. The molecule has 1 atom stereocenters. The van der Waals surface area contributed by atoms with Crippen LogP contribution >= 0.6 is 43.2 Å². The molecule has 2 rings (SSSR count). The number of nitrogens with two attached hydrogens (primary N) is 1. The second kappa shape index (κ2) is 4.96. The van der Waals surface area contributed by atoms with E-state index in [0.29, 0.717) is 4.47 Å². The fourth-order valence-corrected chi connectivity index (χ4v) is 2.99. The molecule has 0 radical (unpaired) electrons. The molecule has 84 valence electrons. The highest BCUT2D eigenvalue weighted by Crippen LogP contribution is 2.29. The molecule has 2 aromatic rings. The van der Waals surface area contributed by atoms with Crippen LogP contribution in [-0.4, -0.2) is 0 Å². The molecule has 1 aromatic heterocycles. The summed E-state index contributed by atoms with van der Waals surface area (Å²) in [6.45, 7) is 0. The molecule has 0 saturated heterocycles. The van der Waals surface area contributed by atoms with Gasteiger partial charge >= 0.3 is 0 Å². The Hall–Kier alpha value is -0.230. The molecule has 5 heteroatoms. The van der Waals surface area contributed by atoms with Gasteiger partial charge in [-0.1, -0.05) is 6.07 Å². The third-order valence-electron chi connectivity index (χ3n) is 2.25. The monoisotopic (exact) mass is 363 g/mol. The van der Waals surface area contributed by atoms with E-state index in [1.54, 1.807) is 23.5 Å². The second-order valence-electron chi connectivity index (χ2n) is 3.34. The first-order chi connectivity index (χ1) is 7.58. The lowest BCUT2D eigenvalue weighted by Gasteiger charge is -2.10. The number of halogens is 3. The lowest BCUT2D eigenvalue weighted by Crippen LogP contribution is -2.10. The van der Waals surface area contributed by atoms with Gasteiger partial charge in [-0.15, -0.1) is 11.3 Å². The van der Waals surface area contributed by atoms with Crippen LogP contribution in [0.15, 0.2) is 37.9 Å². The quantitative estimate of drug-likeness (QED) is 0.836. The van der Waals surface area contributed by atoms with Crippen LogP contribution in [0.5, 0.6) is 0 Å². The van der Waals surface area contributed by atoms with Crippen LogP contribution in [0.2, 0.25) is 0 Å². The predicted octanol–water partition coefficient (Wildman–Crippen LogP) is 4.46. The molecule has 0 saturated carbocycles. The smallest absolute Gasteiger partial charge is 0.137 e. The number of rotatable bonds is 2. The van der Waals surface area contributed by atoms with Crippen LogP contribution in [-0.2, 0) is 0 Å². The summed E-state index contributed by atoms with van der Waals surface area (Å²) in [7, 11) is 0. The van der Waals surface area contributed by atoms with E-state index in [1.807, 2.05) is 11.4 Å². The molecule has 0 aliphatic heterocycles. The minimum atomic E-state index is -0.276. The Morgan fingerprint density at radius 3 is 2.50 bits per heavy atom. The first-order valence-corrected chi connectivity index (χ1v) is 6.99. The van der Waals surface area contributed by atoms with E-state index < -0.39 is 0 Å². The maximum absolute atomic E-state index is 13.1. The number of thiophene rings is 1. The van der Waals surface area contributed by atoms with Crippen LogP contribution in [0, 0.1) is 5.82 Å². The first-order valence-electron chi connectivity index (χ1n) is 4.52.